The van der Waals surface area contributed by atoms with E-state index >= 15 is 0 Å². The number of nitrogens with two attached hydrogens (primary N) is 1. The molecule has 1 aromatic rings. The fraction of sp³-hybridized carbons (Fsp3) is 0.619. The largest absolute Gasteiger partial charge is 0.443 e. The number of rotatable bonds is 6. The first-order valence-corrected chi connectivity index (χ1v) is 9.61. The molecule has 0 heterocycles. The van der Waals surface area contributed by atoms with Crippen molar-refractivity contribution in [1.82, 2.24) is 0 Å². The average molecular weight is 394 g/mol. The van der Waals surface area contributed by atoms with Crippen LogP contribution in [0.25, 0.3) is 0 Å². The van der Waals surface area contributed by atoms with Crippen LogP contribution >= 0.6 is 0 Å². The maximum atomic E-state index is 12.6. The monoisotopic (exact) mass is 393 g/mol. The molecule has 7 nitrogen and oxygen atoms in total. The predicted molar refractivity (Wildman–Crippen MR) is 113 cm³/mol. The van der Waals surface area contributed by atoms with E-state index in [9.17, 15) is 9.59 Å². The number of benzene rings is 1. The molecular formula is C21H35N3O4. The van der Waals surface area contributed by atoms with E-state index in [4.69, 9.17) is 15.2 Å². The molecule has 0 aliphatic carbocycles. The summed E-state index contributed by atoms with van der Waals surface area (Å²) in [6, 6.07) is 7.14. The summed E-state index contributed by atoms with van der Waals surface area (Å²) in [5.41, 5.74) is 5.79. The minimum Gasteiger partial charge on any atom is -0.443 e. The Hall–Kier alpha value is -2.28. The summed E-state index contributed by atoms with van der Waals surface area (Å²) in [4.78, 5) is 27.9. The van der Waals surface area contributed by atoms with E-state index in [-0.39, 0.29) is 0 Å². The molecule has 1 rings (SSSR count). The van der Waals surface area contributed by atoms with Gasteiger partial charge in [0.25, 0.3) is 0 Å². The number of amides is 2. The Balaban J connectivity index is 2.97. The molecule has 0 saturated heterocycles. The molecule has 0 unspecified atom stereocenters. The first-order valence-electron chi connectivity index (χ1n) is 9.61. The molecule has 0 aromatic heterocycles. The fourth-order valence-electron chi connectivity index (χ4n) is 2.35. The molecule has 2 amide bonds. The predicted octanol–water partition coefficient (Wildman–Crippen LogP) is 4.54. The molecular weight excluding hydrogens is 358 g/mol. The van der Waals surface area contributed by atoms with Gasteiger partial charge < -0.3 is 15.2 Å². The summed E-state index contributed by atoms with van der Waals surface area (Å²) < 4.78 is 10.9. The average Bonchev–Trinajstić information content (AvgIpc) is 2.55. The van der Waals surface area contributed by atoms with Crippen molar-refractivity contribution in [3.63, 3.8) is 0 Å². The van der Waals surface area contributed by atoms with Gasteiger partial charge in [0.15, 0.2) is 0 Å². The van der Waals surface area contributed by atoms with Crippen molar-refractivity contribution in [3.05, 3.63) is 24.3 Å². The molecule has 0 radical (unpaired) electrons. The lowest BCUT2D eigenvalue weighted by molar-refractivity contribution is 0.0572. The number of anilines is 2. The maximum absolute atomic E-state index is 12.6. The summed E-state index contributed by atoms with van der Waals surface area (Å²) in [5, 5.41) is 0. The van der Waals surface area contributed by atoms with Crippen molar-refractivity contribution < 1.29 is 19.1 Å². The number of hydrogen-bond acceptors (Lipinski definition) is 5. The van der Waals surface area contributed by atoms with E-state index in [2.05, 4.69) is 0 Å². The molecule has 28 heavy (non-hydrogen) atoms. The SMILES string of the molecule is CN(C(=O)OC(C)(C)C)c1ccc(N(CCCCN)C(=O)OC(C)(C)C)cc1. The van der Waals surface area contributed by atoms with E-state index in [0.29, 0.717) is 24.5 Å². The van der Waals surface area contributed by atoms with Gasteiger partial charge in [-0.05, 0) is 85.2 Å². The highest BCUT2D eigenvalue weighted by Gasteiger charge is 2.24. The van der Waals surface area contributed by atoms with Crippen LogP contribution in [0.2, 0.25) is 0 Å². The summed E-state index contributed by atoms with van der Waals surface area (Å²) >= 11 is 0. The van der Waals surface area contributed by atoms with Crippen LogP contribution in [0.1, 0.15) is 54.4 Å². The Bertz CT molecular complexity index is 645. The highest BCUT2D eigenvalue weighted by Crippen LogP contribution is 2.24. The van der Waals surface area contributed by atoms with Crippen molar-refractivity contribution >= 4 is 23.6 Å². The first kappa shape index (κ1) is 23.8. The van der Waals surface area contributed by atoms with Gasteiger partial charge in [-0.2, -0.15) is 0 Å². The van der Waals surface area contributed by atoms with Gasteiger partial charge in [0, 0.05) is 25.0 Å². The zero-order valence-electron chi connectivity index (χ0n) is 18.2. The summed E-state index contributed by atoms with van der Waals surface area (Å²) in [6.45, 7) is 12.0. The van der Waals surface area contributed by atoms with Crippen LogP contribution in [-0.2, 0) is 9.47 Å². The molecule has 0 aliphatic heterocycles. The van der Waals surface area contributed by atoms with E-state index in [0.717, 1.165) is 12.8 Å². The highest BCUT2D eigenvalue weighted by atomic mass is 16.6. The third kappa shape index (κ3) is 8.17. The topological polar surface area (TPSA) is 85.1 Å². The second kappa shape index (κ2) is 9.78. The Morgan fingerprint density at radius 1 is 0.857 bits per heavy atom. The van der Waals surface area contributed by atoms with Crippen LogP contribution in [-0.4, -0.2) is 43.5 Å². The maximum Gasteiger partial charge on any atom is 0.414 e. The molecule has 0 bridgehead atoms. The molecule has 1 aromatic carbocycles. The molecule has 0 fully saturated rings. The van der Waals surface area contributed by atoms with E-state index in [1.165, 1.54) is 4.90 Å². The van der Waals surface area contributed by atoms with Crippen LogP contribution in [0.15, 0.2) is 24.3 Å². The zero-order valence-corrected chi connectivity index (χ0v) is 18.2. The third-order valence-corrected chi connectivity index (χ3v) is 3.67. The summed E-state index contributed by atoms with van der Waals surface area (Å²) in [6.07, 6.45) is 0.749. The van der Waals surface area contributed by atoms with E-state index in [1.54, 1.807) is 36.2 Å². The molecule has 0 aliphatic rings. The van der Waals surface area contributed by atoms with Gasteiger partial charge >= 0.3 is 12.2 Å². The Kier molecular flexibility index (Phi) is 8.29. The Labute approximate surface area is 168 Å². The van der Waals surface area contributed by atoms with E-state index < -0.39 is 23.4 Å². The second-order valence-electron chi connectivity index (χ2n) is 8.68. The normalized spacial score (nSPS) is 11.7. The van der Waals surface area contributed by atoms with Gasteiger partial charge in [0.1, 0.15) is 11.2 Å². The van der Waals surface area contributed by atoms with Gasteiger partial charge in [-0.25, -0.2) is 9.59 Å². The van der Waals surface area contributed by atoms with Gasteiger partial charge in [0.05, 0.1) is 0 Å². The molecule has 2 N–H and O–H groups in total. The molecule has 158 valence electrons. The van der Waals surface area contributed by atoms with Gasteiger partial charge in [0.2, 0.25) is 0 Å². The van der Waals surface area contributed by atoms with Crippen molar-refractivity contribution in [2.45, 2.75) is 65.6 Å². The number of carbonyl (C=O) groups is 2. The third-order valence-electron chi connectivity index (χ3n) is 3.67. The molecule has 0 atom stereocenters. The summed E-state index contributed by atoms with van der Waals surface area (Å²) in [7, 11) is 1.65. The Morgan fingerprint density at radius 2 is 1.32 bits per heavy atom. The van der Waals surface area contributed by atoms with Crippen LogP contribution in [0, 0.1) is 0 Å². The zero-order chi connectivity index (χ0) is 21.5. The minimum absolute atomic E-state index is 0.405. The lowest BCUT2D eigenvalue weighted by atomic mass is 10.2. The number of ether oxygens (including phenoxy) is 2. The van der Waals surface area contributed by atoms with Crippen molar-refractivity contribution in [3.8, 4) is 0 Å². The highest BCUT2D eigenvalue weighted by molar-refractivity contribution is 5.90. The lowest BCUT2D eigenvalue weighted by Gasteiger charge is -2.28. The van der Waals surface area contributed by atoms with Crippen molar-refractivity contribution in [1.29, 1.82) is 0 Å². The minimum atomic E-state index is -0.583. The quantitative estimate of drug-likeness (QED) is 0.717. The smallest absolute Gasteiger partial charge is 0.414 e. The van der Waals surface area contributed by atoms with Crippen LogP contribution < -0.4 is 15.5 Å². The standard InChI is InChI=1S/C21H35N3O4/c1-20(2,3)27-18(25)23(7)16-10-12-17(13-11-16)24(15-9-8-14-22)19(26)28-21(4,5)6/h10-13H,8-9,14-15,22H2,1-7H3. The molecule has 7 heteroatoms. The van der Waals surface area contributed by atoms with Gasteiger partial charge in [-0.15, -0.1) is 0 Å². The number of carbonyl (C=O) groups excluding carboxylic acids is 2. The van der Waals surface area contributed by atoms with E-state index in [1.807, 2.05) is 41.5 Å². The van der Waals surface area contributed by atoms with Crippen LogP contribution in [0.5, 0.6) is 0 Å². The fourth-order valence-corrected chi connectivity index (χ4v) is 2.35. The van der Waals surface area contributed by atoms with Crippen molar-refractivity contribution in [2.75, 3.05) is 29.9 Å². The first-order chi connectivity index (χ1) is 12.8. The van der Waals surface area contributed by atoms with Gasteiger partial charge in [-0.1, -0.05) is 0 Å². The van der Waals surface area contributed by atoms with Crippen molar-refractivity contribution in [2.24, 2.45) is 5.73 Å². The lowest BCUT2D eigenvalue weighted by Crippen LogP contribution is -2.37. The summed E-state index contributed by atoms with van der Waals surface area (Å²) in [5.74, 6) is 0. The van der Waals surface area contributed by atoms with Gasteiger partial charge in [-0.3, -0.25) is 9.80 Å². The number of hydrogen-bond donors (Lipinski definition) is 1. The molecule has 0 saturated carbocycles. The van der Waals surface area contributed by atoms with Crippen LogP contribution in [0.4, 0.5) is 21.0 Å². The number of nitrogens with zero attached hydrogens (tertiary/aromatic N) is 2. The molecule has 0 spiro atoms. The number of unbranched alkanes of at least 4 members (excludes halogenated alkanes) is 1. The van der Waals surface area contributed by atoms with Crippen LogP contribution in [0.3, 0.4) is 0 Å². The second-order valence-corrected chi connectivity index (χ2v) is 8.68. The Morgan fingerprint density at radius 3 is 1.79 bits per heavy atom.